The molecule has 19 heavy (non-hydrogen) atoms. The smallest absolute Gasteiger partial charge is 0.233 e. The lowest BCUT2D eigenvalue weighted by Crippen LogP contribution is -2.22. The molecule has 0 aliphatic carbocycles. The van der Waals surface area contributed by atoms with Crippen molar-refractivity contribution in [3.8, 4) is 5.75 Å². The van der Waals surface area contributed by atoms with Crippen molar-refractivity contribution in [3.63, 3.8) is 0 Å². The molecular formula is C15H14N2O2. The number of amides is 1. The fraction of sp³-hybridized carbons (Fsp3) is 0.133. The summed E-state index contributed by atoms with van der Waals surface area (Å²) >= 11 is 0. The fourth-order valence-corrected chi connectivity index (χ4v) is 2.32. The predicted octanol–water partition coefficient (Wildman–Crippen LogP) is 2.54. The van der Waals surface area contributed by atoms with Crippen LogP contribution in [0.4, 0.5) is 11.4 Å². The van der Waals surface area contributed by atoms with Crippen LogP contribution in [0.15, 0.2) is 48.5 Å². The van der Waals surface area contributed by atoms with Gasteiger partial charge in [0.1, 0.15) is 5.75 Å². The average molecular weight is 254 g/mol. The Hall–Kier alpha value is -2.49. The Bertz CT molecular complexity index is 625. The first-order valence-electron chi connectivity index (χ1n) is 6.17. The van der Waals surface area contributed by atoms with Crippen molar-refractivity contribution >= 4 is 17.3 Å². The van der Waals surface area contributed by atoms with Gasteiger partial charge in [0.05, 0.1) is 11.6 Å². The van der Waals surface area contributed by atoms with Crippen LogP contribution in [0.25, 0.3) is 0 Å². The van der Waals surface area contributed by atoms with Crippen molar-refractivity contribution in [1.82, 2.24) is 0 Å². The molecule has 0 aromatic heterocycles. The van der Waals surface area contributed by atoms with Gasteiger partial charge in [-0.25, -0.2) is 0 Å². The van der Waals surface area contributed by atoms with Crippen LogP contribution in [0.5, 0.6) is 5.75 Å². The molecule has 2 aromatic carbocycles. The number of nitrogens with one attached hydrogen (secondary N) is 2. The van der Waals surface area contributed by atoms with Crippen molar-refractivity contribution < 1.29 is 9.90 Å². The number of hydrogen-bond donors (Lipinski definition) is 3. The minimum Gasteiger partial charge on any atom is -0.506 e. The first-order valence-corrected chi connectivity index (χ1v) is 6.17. The largest absolute Gasteiger partial charge is 0.506 e. The van der Waals surface area contributed by atoms with Crippen LogP contribution in [0.1, 0.15) is 11.5 Å². The Morgan fingerprint density at radius 2 is 1.89 bits per heavy atom. The van der Waals surface area contributed by atoms with Crippen LogP contribution < -0.4 is 10.6 Å². The summed E-state index contributed by atoms with van der Waals surface area (Å²) in [5.41, 5.74) is 2.44. The van der Waals surface area contributed by atoms with Crippen molar-refractivity contribution in [1.29, 1.82) is 0 Å². The lowest BCUT2D eigenvalue weighted by atomic mass is 10.0. The number of fused-ring (bicyclic) bond motifs is 1. The van der Waals surface area contributed by atoms with Gasteiger partial charge in [-0.05, 0) is 23.8 Å². The number of anilines is 2. The third-order valence-electron chi connectivity index (χ3n) is 3.31. The summed E-state index contributed by atoms with van der Waals surface area (Å²) in [6.45, 7) is 0.582. The number of benzene rings is 2. The van der Waals surface area contributed by atoms with E-state index >= 15 is 0 Å². The molecule has 4 heteroatoms. The first-order chi connectivity index (χ1) is 9.25. The van der Waals surface area contributed by atoms with E-state index in [9.17, 15) is 9.90 Å². The van der Waals surface area contributed by atoms with Crippen LogP contribution >= 0.6 is 0 Å². The summed E-state index contributed by atoms with van der Waals surface area (Å²) in [6.07, 6.45) is 0. The molecule has 3 N–H and O–H groups in total. The van der Waals surface area contributed by atoms with E-state index in [1.807, 2.05) is 24.3 Å². The average Bonchev–Trinajstić information content (AvgIpc) is 2.85. The molecule has 0 saturated carbocycles. The van der Waals surface area contributed by atoms with Crippen molar-refractivity contribution in [3.05, 3.63) is 54.1 Å². The van der Waals surface area contributed by atoms with Gasteiger partial charge in [-0.1, -0.05) is 30.3 Å². The van der Waals surface area contributed by atoms with Gasteiger partial charge in [-0.15, -0.1) is 0 Å². The molecule has 0 spiro atoms. The molecule has 1 atom stereocenters. The second kappa shape index (κ2) is 4.65. The molecule has 96 valence electrons. The van der Waals surface area contributed by atoms with Gasteiger partial charge in [0.2, 0.25) is 5.91 Å². The highest BCUT2D eigenvalue weighted by molar-refractivity contribution is 5.99. The quantitative estimate of drug-likeness (QED) is 0.722. The van der Waals surface area contributed by atoms with Gasteiger partial charge in [0, 0.05) is 12.2 Å². The van der Waals surface area contributed by atoms with Gasteiger partial charge < -0.3 is 15.7 Å². The van der Waals surface area contributed by atoms with E-state index in [0.717, 1.165) is 11.3 Å². The molecule has 0 radical (unpaired) electrons. The second-order valence-corrected chi connectivity index (χ2v) is 4.53. The van der Waals surface area contributed by atoms with Crippen molar-refractivity contribution in [2.75, 3.05) is 17.2 Å². The fourth-order valence-electron chi connectivity index (χ4n) is 2.32. The van der Waals surface area contributed by atoms with E-state index in [1.165, 1.54) is 0 Å². The molecule has 2 aromatic rings. The highest BCUT2D eigenvalue weighted by Crippen LogP contribution is 2.32. The van der Waals surface area contributed by atoms with E-state index < -0.39 is 0 Å². The monoisotopic (exact) mass is 254 g/mol. The van der Waals surface area contributed by atoms with Gasteiger partial charge in [0.25, 0.3) is 0 Å². The maximum absolute atomic E-state index is 12.3. The molecule has 0 saturated heterocycles. The lowest BCUT2D eigenvalue weighted by molar-refractivity contribution is -0.117. The number of phenolic OH excluding ortho intramolecular Hbond substituents is 1. The molecular weight excluding hydrogens is 240 g/mol. The standard InChI is InChI=1S/C15H14N2O2/c18-14-8-4-3-7-13(14)17-15(19)11-9-16-12-6-2-1-5-10(11)12/h1-8,11,16,18H,9H2,(H,17,19). The highest BCUT2D eigenvalue weighted by atomic mass is 16.3. The van der Waals surface area contributed by atoms with Gasteiger partial charge in [-0.3, -0.25) is 4.79 Å². The maximum atomic E-state index is 12.3. The number of phenols is 1. The summed E-state index contributed by atoms with van der Waals surface area (Å²) in [5, 5.41) is 15.6. The molecule has 0 fully saturated rings. The van der Waals surface area contributed by atoms with Crippen LogP contribution in [0.3, 0.4) is 0 Å². The highest BCUT2D eigenvalue weighted by Gasteiger charge is 2.28. The number of carbonyl (C=O) groups is 1. The number of hydrogen-bond acceptors (Lipinski definition) is 3. The topological polar surface area (TPSA) is 61.4 Å². The third-order valence-corrected chi connectivity index (χ3v) is 3.31. The minimum atomic E-state index is -0.226. The van der Waals surface area contributed by atoms with Gasteiger partial charge >= 0.3 is 0 Å². The zero-order valence-electron chi connectivity index (χ0n) is 10.3. The summed E-state index contributed by atoms with van der Waals surface area (Å²) in [4.78, 5) is 12.3. The predicted molar refractivity (Wildman–Crippen MR) is 74.4 cm³/mol. The maximum Gasteiger partial charge on any atom is 0.233 e. The number of carbonyl (C=O) groups excluding carboxylic acids is 1. The summed E-state index contributed by atoms with van der Waals surface area (Å²) in [5.74, 6) is -0.259. The summed E-state index contributed by atoms with van der Waals surface area (Å²) < 4.78 is 0. The summed E-state index contributed by atoms with van der Waals surface area (Å²) in [6, 6.07) is 14.5. The zero-order chi connectivity index (χ0) is 13.2. The third kappa shape index (κ3) is 2.12. The van der Waals surface area contributed by atoms with Gasteiger partial charge in [-0.2, -0.15) is 0 Å². The van der Waals surface area contributed by atoms with Crippen LogP contribution in [0, 0.1) is 0 Å². The molecule has 1 heterocycles. The molecule has 1 aliphatic rings. The van der Waals surface area contributed by atoms with Crippen LogP contribution in [0.2, 0.25) is 0 Å². The molecule has 1 unspecified atom stereocenters. The normalized spacial score (nSPS) is 16.5. The Morgan fingerprint density at radius 1 is 1.16 bits per heavy atom. The Kier molecular flexibility index (Phi) is 2.83. The van der Waals surface area contributed by atoms with E-state index in [1.54, 1.807) is 24.3 Å². The SMILES string of the molecule is O=C(Nc1ccccc1O)C1CNc2ccccc21. The Balaban J connectivity index is 1.81. The molecule has 1 aliphatic heterocycles. The number of aromatic hydroxyl groups is 1. The number of para-hydroxylation sites is 3. The Labute approximate surface area is 111 Å². The molecule has 3 rings (SSSR count). The van der Waals surface area contributed by atoms with Crippen LogP contribution in [-0.4, -0.2) is 17.6 Å². The van der Waals surface area contributed by atoms with Gasteiger partial charge in [0.15, 0.2) is 0 Å². The van der Waals surface area contributed by atoms with E-state index in [2.05, 4.69) is 10.6 Å². The molecule has 0 bridgehead atoms. The van der Waals surface area contributed by atoms with Crippen molar-refractivity contribution in [2.45, 2.75) is 5.92 Å². The second-order valence-electron chi connectivity index (χ2n) is 4.53. The first kappa shape index (κ1) is 11.6. The van der Waals surface area contributed by atoms with E-state index in [-0.39, 0.29) is 17.6 Å². The van der Waals surface area contributed by atoms with Crippen molar-refractivity contribution in [2.24, 2.45) is 0 Å². The zero-order valence-corrected chi connectivity index (χ0v) is 10.3. The molecule has 1 amide bonds. The summed E-state index contributed by atoms with van der Waals surface area (Å²) in [7, 11) is 0. The van der Waals surface area contributed by atoms with E-state index in [4.69, 9.17) is 0 Å². The minimum absolute atomic E-state index is 0.0788. The Morgan fingerprint density at radius 3 is 2.74 bits per heavy atom. The molecule has 4 nitrogen and oxygen atoms in total. The van der Waals surface area contributed by atoms with Crippen LogP contribution in [-0.2, 0) is 4.79 Å². The number of rotatable bonds is 2. The lowest BCUT2D eigenvalue weighted by Gasteiger charge is -2.12. The van der Waals surface area contributed by atoms with E-state index in [0.29, 0.717) is 12.2 Å².